The molecule has 0 amide bonds. The molecular weight excluding hydrogens is 410 g/mol. The lowest BCUT2D eigenvalue weighted by Gasteiger charge is -2.28. The first-order valence-electron chi connectivity index (χ1n) is 11.9. The van der Waals surface area contributed by atoms with E-state index in [1.165, 1.54) is 39.8 Å². The van der Waals surface area contributed by atoms with Gasteiger partial charge in [0.25, 0.3) is 0 Å². The van der Waals surface area contributed by atoms with Crippen LogP contribution in [0.5, 0.6) is 11.5 Å². The molecule has 0 radical (unpaired) electrons. The van der Waals surface area contributed by atoms with Crippen molar-refractivity contribution in [1.82, 2.24) is 10.2 Å². The van der Waals surface area contributed by atoms with E-state index in [9.17, 15) is 0 Å². The summed E-state index contributed by atoms with van der Waals surface area (Å²) in [6.45, 7) is 9.63. The fourth-order valence-corrected chi connectivity index (χ4v) is 4.17. The van der Waals surface area contributed by atoms with Crippen molar-refractivity contribution < 1.29 is 9.47 Å². The van der Waals surface area contributed by atoms with Crippen molar-refractivity contribution in [3.8, 4) is 17.6 Å². The van der Waals surface area contributed by atoms with Crippen LogP contribution in [0, 0.1) is 25.2 Å². The number of nitriles is 1. The quantitative estimate of drug-likeness (QED) is 0.525. The molecule has 1 N–H and O–H groups in total. The molecule has 2 aromatic rings. The Hall–Kier alpha value is -2.55. The van der Waals surface area contributed by atoms with Gasteiger partial charge in [0.1, 0.15) is 0 Å². The molecule has 0 saturated heterocycles. The van der Waals surface area contributed by atoms with Gasteiger partial charge in [-0.3, -0.25) is 0 Å². The number of ether oxygens (including phenoxy) is 2. The molecule has 0 fully saturated rings. The molecule has 2 aromatic carbocycles. The molecular formula is C28H41N3O2. The van der Waals surface area contributed by atoms with E-state index in [0.717, 1.165) is 44.0 Å². The highest BCUT2D eigenvalue weighted by molar-refractivity contribution is 5.52. The number of nitrogens with zero attached hydrogens (tertiary/aromatic N) is 2. The summed E-state index contributed by atoms with van der Waals surface area (Å²) in [5.74, 6) is 2.36. The van der Waals surface area contributed by atoms with Crippen molar-refractivity contribution in [3.63, 3.8) is 0 Å². The van der Waals surface area contributed by atoms with Crippen LogP contribution in [0.25, 0.3) is 0 Å². The second kappa shape index (κ2) is 13.2. The minimum Gasteiger partial charge on any atom is -0.493 e. The fourth-order valence-electron chi connectivity index (χ4n) is 4.17. The topological polar surface area (TPSA) is 57.5 Å². The van der Waals surface area contributed by atoms with Gasteiger partial charge in [0.15, 0.2) is 11.5 Å². The van der Waals surface area contributed by atoms with Crippen LogP contribution in [0.1, 0.15) is 52.6 Å². The van der Waals surface area contributed by atoms with Crippen LogP contribution in [-0.4, -0.2) is 52.8 Å². The van der Waals surface area contributed by atoms with Crippen LogP contribution < -0.4 is 14.8 Å². The van der Waals surface area contributed by atoms with Gasteiger partial charge >= 0.3 is 0 Å². The molecule has 1 aliphatic rings. The molecule has 5 heteroatoms. The SMILES string of the molecule is COc1cc2c(cc1OC)C(C)C2.Cc1cc(CC#N)c(CCNCCCN(C)C)cc1C. The Bertz CT molecular complexity index is 947. The summed E-state index contributed by atoms with van der Waals surface area (Å²) in [5.41, 5.74) is 7.88. The normalized spacial score (nSPS) is 14.0. The number of rotatable bonds is 10. The standard InChI is InChI=1S/C17H27N3.C11H14O2/c1-14-12-16(6-8-18)17(13-15(14)2)7-10-19-9-5-11-20(3)4;1-7-4-8-5-10(12-2)11(13-3)6-9(7)8/h12-13,19H,5-7,9-11H2,1-4H3;5-7H,4H2,1-3H3. The molecule has 3 rings (SSSR count). The summed E-state index contributed by atoms with van der Waals surface area (Å²) in [6, 6.07) is 10.8. The van der Waals surface area contributed by atoms with Crippen LogP contribution in [0.3, 0.4) is 0 Å². The Morgan fingerprint density at radius 1 is 1.00 bits per heavy atom. The van der Waals surface area contributed by atoms with Crippen LogP contribution in [0.15, 0.2) is 24.3 Å². The maximum absolute atomic E-state index is 8.93. The predicted octanol–water partition coefficient (Wildman–Crippen LogP) is 4.82. The maximum atomic E-state index is 8.93. The van der Waals surface area contributed by atoms with Gasteiger partial charge in [-0.1, -0.05) is 19.1 Å². The highest BCUT2D eigenvalue weighted by atomic mass is 16.5. The second-order valence-corrected chi connectivity index (χ2v) is 9.21. The van der Waals surface area contributed by atoms with Gasteiger partial charge in [-0.15, -0.1) is 0 Å². The molecule has 33 heavy (non-hydrogen) atoms. The fraction of sp³-hybridized carbons (Fsp3) is 0.536. The smallest absolute Gasteiger partial charge is 0.161 e. The minimum atomic E-state index is 0.511. The lowest BCUT2D eigenvalue weighted by Crippen LogP contribution is -2.23. The van der Waals surface area contributed by atoms with Crippen molar-refractivity contribution in [2.24, 2.45) is 0 Å². The van der Waals surface area contributed by atoms with Crippen molar-refractivity contribution in [2.45, 2.75) is 52.4 Å². The minimum absolute atomic E-state index is 0.511. The van der Waals surface area contributed by atoms with Crippen molar-refractivity contribution in [1.29, 1.82) is 5.26 Å². The summed E-state index contributed by atoms with van der Waals surface area (Å²) in [6.07, 6.45) is 3.85. The van der Waals surface area contributed by atoms with E-state index in [4.69, 9.17) is 14.7 Å². The van der Waals surface area contributed by atoms with Gasteiger partial charge in [-0.2, -0.15) is 5.26 Å². The van der Waals surface area contributed by atoms with Gasteiger partial charge in [0.05, 0.1) is 26.7 Å². The summed E-state index contributed by atoms with van der Waals surface area (Å²) in [7, 11) is 7.55. The third-order valence-corrected chi connectivity index (χ3v) is 6.32. The van der Waals surface area contributed by atoms with Crippen molar-refractivity contribution in [3.05, 3.63) is 57.6 Å². The van der Waals surface area contributed by atoms with Crippen LogP contribution >= 0.6 is 0 Å². The summed E-state index contributed by atoms with van der Waals surface area (Å²) >= 11 is 0. The van der Waals surface area contributed by atoms with E-state index in [-0.39, 0.29) is 0 Å². The molecule has 1 aliphatic carbocycles. The van der Waals surface area contributed by atoms with E-state index in [2.05, 4.69) is 75.4 Å². The average molecular weight is 452 g/mol. The molecule has 1 unspecified atom stereocenters. The summed E-state index contributed by atoms with van der Waals surface area (Å²) < 4.78 is 10.4. The Balaban J connectivity index is 0.000000254. The van der Waals surface area contributed by atoms with Gasteiger partial charge in [-0.05, 0) is 118 Å². The highest BCUT2D eigenvalue weighted by Crippen LogP contribution is 2.41. The molecule has 0 aromatic heterocycles. The molecule has 180 valence electrons. The molecule has 5 nitrogen and oxygen atoms in total. The largest absolute Gasteiger partial charge is 0.493 e. The zero-order chi connectivity index (χ0) is 24.4. The van der Waals surface area contributed by atoms with Crippen LogP contribution in [0.2, 0.25) is 0 Å². The van der Waals surface area contributed by atoms with E-state index >= 15 is 0 Å². The van der Waals surface area contributed by atoms with Gasteiger partial charge in [-0.25, -0.2) is 0 Å². The van der Waals surface area contributed by atoms with Gasteiger partial charge in [0.2, 0.25) is 0 Å². The third kappa shape index (κ3) is 7.77. The van der Waals surface area contributed by atoms with Crippen LogP contribution in [0.4, 0.5) is 0 Å². The molecule has 1 atom stereocenters. The zero-order valence-electron chi connectivity index (χ0n) is 21.5. The number of hydrogen-bond donors (Lipinski definition) is 1. The number of methoxy groups -OCH3 is 2. The number of aryl methyl sites for hydroxylation is 2. The van der Waals surface area contributed by atoms with Crippen molar-refractivity contribution >= 4 is 0 Å². The average Bonchev–Trinajstić information content (AvgIpc) is 2.78. The van der Waals surface area contributed by atoms with E-state index in [0.29, 0.717) is 12.3 Å². The van der Waals surface area contributed by atoms with Crippen molar-refractivity contribution in [2.75, 3.05) is 47.9 Å². The molecule has 0 heterocycles. The van der Waals surface area contributed by atoms with E-state index in [1.54, 1.807) is 14.2 Å². The Morgan fingerprint density at radius 2 is 1.64 bits per heavy atom. The predicted molar refractivity (Wildman–Crippen MR) is 137 cm³/mol. The molecule has 0 aliphatic heterocycles. The third-order valence-electron chi connectivity index (χ3n) is 6.32. The second-order valence-electron chi connectivity index (χ2n) is 9.21. The van der Waals surface area contributed by atoms with Gasteiger partial charge < -0.3 is 19.7 Å². The first kappa shape index (κ1) is 26.7. The monoisotopic (exact) mass is 451 g/mol. The van der Waals surface area contributed by atoms with E-state index < -0.39 is 0 Å². The lowest BCUT2D eigenvalue weighted by atomic mass is 9.78. The number of fused-ring (bicyclic) bond motifs is 1. The first-order valence-corrected chi connectivity index (χ1v) is 11.9. The number of hydrogen-bond acceptors (Lipinski definition) is 5. The lowest BCUT2D eigenvalue weighted by molar-refractivity contribution is 0.352. The van der Waals surface area contributed by atoms with E-state index in [1.807, 2.05) is 0 Å². The molecule has 0 spiro atoms. The van der Waals surface area contributed by atoms with Crippen LogP contribution in [-0.2, 0) is 19.3 Å². The number of nitrogens with one attached hydrogen (secondary N) is 1. The first-order chi connectivity index (χ1) is 15.8. The maximum Gasteiger partial charge on any atom is 0.161 e. The Labute approximate surface area is 200 Å². The Morgan fingerprint density at radius 3 is 2.21 bits per heavy atom. The summed E-state index contributed by atoms with van der Waals surface area (Å²) in [4.78, 5) is 2.20. The highest BCUT2D eigenvalue weighted by Gasteiger charge is 2.24. The Kier molecular flexibility index (Phi) is 10.7. The zero-order valence-corrected chi connectivity index (χ0v) is 21.5. The number of benzene rings is 2. The van der Waals surface area contributed by atoms with Gasteiger partial charge in [0, 0.05) is 0 Å². The summed E-state index contributed by atoms with van der Waals surface area (Å²) in [5, 5.41) is 12.4. The molecule has 0 saturated carbocycles. The molecule has 0 bridgehead atoms.